The third-order valence-electron chi connectivity index (χ3n) is 4.56. The van der Waals surface area contributed by atoms with Gasteiger partial charge in [0.05, 0.1) is 18.4 Å². The van der Waals surface area contributed by atoms with Gasteiger partial charge in [-0.05, 0) is 32.4 Å². The first-order valence-electron chi connectivity index (χ1n) is 8.82. The van der Waals surface area contributed by atoms with Gasteiger partial charge in [-0.3, -0.25) is 9.89 Å². The smallest absolute Gasteiger partial charge is 0.359 e. The summed E-state index contributed by atoms with van der Waals surface area (Å²) in [6.45, 7) is 5.19. The number of alkyl halides is 3. The molecule has 0 bridgehead atoms. The number of hydrogen-bond acceptors (Lipinski definition) is 6. The molecule has 156 valence electrons. The molecular weight excluding hydrogens is 403 g/mol. The van der Waals surface area contributed by atoms with Crippen LogP contribution in [-0.2, 0) is 12.7 Å². The minimum Gasteiger partial charge on any atom is -0.359 e. The van der Waals surface area contributed by atoms with E-state index in [2.05, 4.69) is 30.6 Å². The van der Waals surface area contributed by atoms with Crippen molar-refractivity contribution in [2.75, 3.05) is 5.32 Å². The topological polar surface area (TPSA) is 115 Å². The van der Waals surface area contributed by atoms with Crippen molar-refractivity contribution in [2.24, 2.45) is 0 Å². The Morgan fingerprint density at radius 3 is 2.63 bits per heavy atom. The summed E-state index contributed by atoms with van der Waals surface area (Å²) >= 11 is 0. The molecule has 1 amide bonds. The van der Waals surface area contributed by atoms with E-state index in [0.29, 0.717) is 33.8 Å². The predicted octanol–water partition coefficient (Wildman–Crippen LogP) is 3.39. The summed E-state index contributed by atoms with van der Waals surface area (Å²) in [5, 5.41) is 12.2. The molecule has 0 aliphatic carbocycles. The summed E-state index contributed by atoms with van der Waals surface area (Å²) < 4.78 is 44.7. The first-order chi connectivity index (χ1) is 14.1. The van der Waals surface area contributed by atoms with Crippen molar-refractivity contribution < 1.29 is 22.5 Å². The summed E-state index contributed by atoms with van der Waals surface area (Å²) in [5.41, 5.74) is 1.99. The molecule has 30 heavy (non-hydrogen) atoms. The van der Waals surface area contributed by atoms with Gasteiger partial charge in [-0.25, -0.2) is 9.97 Å². The number of amides is 1. The number of aromatic amines is 1. The largest absolute Gasteiger partial charge is 0.436 e. The second-order valence-electron chi connectivity index (χ2n) is 6.80. The molecule has 0 aliphatic rings. The van der Waals surface area contributed by atoms with Crippen molar-refractivity contribution in [1.29, 1.82) is 0 Å². The van der Waals surface area contributed by atoms with Crippen LogP contribution in [0.15, 0.2) is 22.9 Å². The van der Waals surface area contributed by atoms with Crippen molar-refractivity contribution in [3.05, 3.63) is 52.4 Å². The summed E-state index contributed by atoms with van der Waals surface area (Å²) in [7, 11) is 0. The van der Waals surface area contributed by atoms with Crippen LogP contribution >= 0.6 is 0 Å². The Bertz CT molecular complexity index is 1250. The van der Waals surface area contributed by atoms with Gasteiger partial charge in [0.2, 0.25) is 0 Å². The summed E-state index contributed by atoms with van der Waals surface area (Å²) in [5.74, 6) is -0.0913. The average molecular weight is 419 g/mol. The van der Waals surface area contributed by atoms with Crippen LogP contribution in [0.1, 0.15) is 38.9 Å². The van der Waals surface area contributed by atoms with Gasteiger partial charge in [0.25, 0.3) is 5.91 Å². The molecule has 0 atom stereocenters. The van der Waals surface area contributed by atoms with E-state index in [1.54, 1.807) is 31.4 Å². The Labute approximate surface area is 167 Å². The highest BCUT2D eigenvalue weighted by Gasteiger charge is 2.35. The van der Waals surface area contributed by atoms with E-state index < -0.39 is 17.8 Å². The lowest BCUT2D eigenvalue weighted by Crippen LogP contribution is -2.16. The maximum Gasteiger partial charge on any atom is 0.436 e. The first kappa shape index (κ1) is 19.6. The summed E-state index contributed by atoms with van der Waals surface area (Å²) in [4.78, 5) is 21.3. The Balaban J connectivity index is 1.65. The molecule has 4 aromatic rings. The van der Waals surface area contributed by atoms with Crippen LogP contribution in [0.5, 0.6) is 0 Å². The number of aryl methyl sites for hydroxylation is 3. The van der Waals surface area contributed by atoms with Crippen molar-refractivity contribution in [2.45, 2.75) is 33.5 Å². The number of carbonyl (C=O) groups is 1. The normalized spacial score (nSPS) is 11.9. The molecule has 9 nitrogen and oxygen atoms in total. The second-order valence-corrected chi connectivity index (χ2v) is 6.80. The third-order valence-corrected chi connectivity index (χ3v) is 4.56. The molecule has 2 N–H and O–H groups in total. The van der Waals surface area contributed by atoms with E-state index in [1.807, 2.05) is 0 Å². The highest BCUT2D eigenvalue weighted by atomic mass is 19.4. The number of nitrogens with zero attached hydrogens (tertiary/aromatic N) is 5. The lowest BCUT2D eigenvalue weighted by molar-refractivity contribution is -0.142. The number of aromatic nitrogens is 6. The fourth-order valence-corrected chi connectivity index (χ4v) is 3.00. The maximum atomic E-state index is 12.7. The van der Waals surface area contributed by atoms with Crippen LogP contribution in [-0.4, -0.2) is 35.8 Å². The molecule has 0 saturated heterocycles. The van der Waals surface area contributed by atoms with E-state index in [-0.39, 0.29) is 18.1 Å². The summed E-state index contributed by atoms with van der Waals surface area (Å²) in [6.07, 6.45) is -3.04. The highest BCUT2D eigenvalue weighted by Crippen LogP contribution is 2.29. The standard InChI is InChI=1S/C18H16F3N7O2/c1-8-6-22-26-14(8)17(29)25-15-10(3)23-16-12(24-15)4-9(2)28(16)7-11-5-13(27-30-11)18(19,20)21/h4-6H,7H2,1-3H3,(H,22,26)(H,24,25,29). The number of halogens is 3. The van der Waals surface area contributed by atoms with Gasteiger partial charge >= 0.3 is 6.18 Å². The molecule has 4 rings (SSSR count). The van der Waals surface area contributed by atoms with Gasteiger partial charge in [0.15, 0.2) is 22.9 Å². The highest BCUT2D eigenvalue weighted by molar-refractivity contribution is 6.03. The monoisotopic (exact) mass is 419 g/mol. The Morgan fingerprint density at radius 1 is 1.23 bits per heavy atom. The molecule has 12 heteroatoms. The molecular formula is C18H16F3N7O2. The number of carbonyl (C=O) groups excluding carboxylic acids is 1. The van der Waals surface area contributed by atoms with E-state index in [1.165, 1.54) is 6.20 Å². The number of nitrogens with one attached hydrogen (secondary N) is 2. The second kappa shape index (κ2) is 6.97. The van der Waals surface area contributed by atoms with Crippen molar-refractivity contribution in [1.82, 2.24) is 29.9 Å². The van der Waals surface area contributed by atoms with E-state index in [9.17, 15) is 18.0 Å². The van der Waals surface area contributed by atoms with E-state index >= 15 is 0 Å². The molecule has 4 aromatic heterocycles. The Kier molecular flexibility index (Phi) is 4.56. The van der Waals surface area contributed by atoms with Crippen molar-refractivity contribution in [3.8, 4) is 0 Å². The van der Waals surface area contributed by atoms with Gasteiger partial charge < -0.3 is 14.4 Å². The van der Waals surface area contributed by atoms with Crippen LogP contribution in [0.4, 0.5) is 19.0 Å². The fraction of sp³-hybridized carbons (Fsp3) is 0.278. The quantitative estimate of drug-likeness (QED) is 0.524. The number of anilines is 1. The molecule has 0 spiro atoms. The lowest BCUT2D eigenvalue weighted by atomic mass is 10.2. The predicted molar refractivity (Wildman–Crippen MR) is 98.9 cm³/mol. The van der Waals surface area contributed by atoms with Crippen molar-refractivity contribution >= 4 is 22.9 Å². The molecule has 0 aromatic carbocycles. The van der Waals surface area contributed by atoms with Gasteiger partial charge in [0, 0.05) is 11.8 Å². The molecule has 0 fully saturated rings. The van der Waals surface area contributed by atoms with Crippen LogP contribution in [0.2, 0.25) is 0 Å². The maximum absolute atomic E-state index is 12.7. The van der Waals surface area contributed by atoms with E-state index in [0.717, 1.165) is 6.07 Å². The third kappa shape index (κ3) is 3.51. The SMILES string of the molecule is Cc1cn[nH]c1C(=O)Nc1nc2cc(C)n(Cc3cc(C(F)(F)F)no3)c2nc1C. The van der Waals surface area contributed by atoms with Crippen LogP contribution < -0.4 is 5.32 Å². The average Bonchev–Trinajstić information content (AvgIpc) is 3.36. The lowest BCUT2D eigenvalue weighted by Gasteiger charge is -2.09. The van der Waals surface area contributed by atoms with Gasteiger partial charge in [-0.2, -0.15) is 18.3 Å². The van der Waals surface area contributed by atoms with Gasteiger partial charge in [-0.1, -0.05) is 5.16 Å². The zero-order valence-electron chi connectivity index (χ0n) is 16.1. The first-order valence-corrected chi connectivity index (χ1v) is 8.82. The van der Waals surface area contributed by atoms with Crippen LogP contribution in [0, 0.1) is 20.8 Å². The van der Waals surface area contributed by atoms with Crippen LogP contribution in [0.3, 0.4) is 0 Å². The zero-order valence-corrected chi connectivity index (χ0v) is 16.1. The fourth-order valence-electron chi connectivity index (χ4n) is 3.00. The number of fused-ring (bicyclic) bond motifs is 1. The van der Waals surface area contributed by atoms with Gasteiger partial charge in [-0.15, -0.1) is 0 Å². The minimum atomic E-state index is -4.58. The minimum absolute atomic E-state index is 0.00553. The Morgan fingerprint density at radius 2 is 2.00 bits per heavy atom. The number of hydrogen-bond donors (Lipinski definition) is 2. The number of rotatable bonds is 4. The van der Waals surface area contributed by atoms with Gasteiger partial charge in [0.1, 0.15) is 11.2 Å². The molecule has 0 unspecified atom stereocenters. The number of H-pyrrole nitrogens is 1. The molecule has 0 aliphatic heterocycles. The zero-order chi connectivity index (χ0) is 21.6. The van der Waals surface area contributed by atoms with Crippen molar-refractivity contribution in [3.63, 3.8) is 0 Å². The van der Waals surface area contributed by atoms with Crippen LogP contribution in [0.25, 0.3) is 11.2 Å². The molecule has 4 heterocycles. The molecule has 0 saturated carbocycles. The Hall–Kier alpha value is -3.70. The molecule has 0 radical (unpaired) electrons. The van der Waals surface area contributed by atoms with E-state index in [4.69, 9.17) is 4.52 Å². The summed E-state index contributed by atoms with van der Waals surface area (Å²) in [6, 6.07) is 2.58.